The number of nitrogens with zero attached hydrogens (tertiary/aromatic N) is 1. The fourth-order valence-electron chi connectivity index (χ4n) is 2.18. The molecule has 0 N–H and O–H groups in total. The molecule has 1 atom stereocenters. The topological polar surface area (TPSA) is 3.24 Å². The van der Waals surface area contributed by atoms with Gasteiger partial charge in [-0.3, -0.25) is 4.90 Å². The van der Waals surface area contributed by atoms with Gasteiger partial charge in [0.25, 0.3) is 0 Å². The second-order valence-electron chi connectivity index (χ2n) is 4.84. The lowest BCUT2D eigenvalue weighted by atomic mass is 9.86. The maximum atomic E-state index is 12.4. The summed E-state index contributed by atoms with van der Waals surface area (Å²) in [5.74, 6) is 1.19. The van der Waals surface area contributed by atoms with Gasteiger partial charge in [0.1, 0.15) is 6.04 Å². The largest absolute Gasteiger partial charge is 0.403 e. The maximum absolute atomic E-state index is 12.4. The van der Waals surface area contributed by atoms with Gasteiger partial charge in [0.05, 0.1) is 0 Å². The Balaban J connectivity index is 2.44. The Morgan fingerprint density at radius 3 is 1.87 bits per heavy atom. The van der Waals surface area contributed by atoms with Crippen molar-refractivity contribution < 1.29 is 13.2 Å². The lowest BCUT2D eigenvalue weighted by molar-refractivity contribution is -0.182. The Hall–Kier alpha value is -0.250. The molecule has 15 heavy (non-hydrogen) atoms. The van der Waals surface area contributed by atoms with Crippen LogP contribution in [0.25, 0.3) is 0 Å². The zero-order chi connectivity index (χ0) is 11.6. The van der Waals surface area contributed by atoms with Crippen molar-refractivity contribution in [2.24, 2.45) is 11.8 Å². The van der Waals surface area contributed by atoms with Crippen molar-refractivity contribution in [2.45, 2.75) is 45.8 Å². The molecule has 0 radical (unpaired) electrons. The molecule has 0 amide bonds. The van der Waals surface area contributed by atoms with E-state index in [-0.39, 0.29) is 0 Å². The van der Waals surface area contributed by atoms with Crippen molar-refractivity contribution >= 4 is 0 Å². The fourth-order valence-corrected chi connectivity index (χ4v) is 2.18. The summed E-state index contributed by atoms with van der Waals surface area (Å²) in [6, 6.07) is -1.29. The van der Waals surface area contributed by atoms with E-state index in [0.717, 1.165) is 12.8 Å². The van der Waals surface area contributed by atoms with Crippen LogP contribution in [0.3, 0.4) is 0 Å². The van der Waals surface area contributed by atoms with Crippen molar-refractivity contribution in [1.29, 1.82) is 0 Å². The summed E-state index contributed by atoms with van der Waals surface area (Å²) in [4.78, 5) is 1.55. The lowest BCUT2D eigenvalue weighted by Gasteiger charge is -2.37. The van der Waals surface area contributed by atoms with E-state index in [1.54, 1.807) is 4.90 Å². The molecule has 1 aliphatic heterocycles. The highest BCUT2D eigenvalue weighted by Gasteiger charge is 2.41. The Morgan fingerprint density at radius 1 is 1.07 bits per heavy atom. The Morgan fingerprint density at radius 2 is 1.53 bits per heavy atom. The van der Waals surface area contributed by atoms with Gasteiger partial charge < -0.3 is 0 Å². The van der Waals surface area contributed by atoms with Gasteiger partial charge >= 0.3 is 6.18 Å². The van der Waals surface area contributed by atoms with E-state index in [1.807, 2.05) is 0 Å². The number of hydrogen-bond donors (Lipinski definition) is 0. The van der Waals surface area contributed by atoms with E-state index in [1.165, 1.54) is 6.92 Å². The summed E-state index contributed by atoms with van der Waals surface area (Å²) in [6.07, 6.45) is -2.28. The van der Waals surface area contributed by atoms with E-state index >= 15 is 0 Å². The quantitative estimate of drug-likeness (QED) is 0.694. The van der Waals surface area contributed by atoms with Crippen molar-refractivity contribution in [3.63, 3.8) is 0 Å². The average molecular weight is 223 g/mol. The number of likely N-dealkylation sites (tertiary alicyclic amines) is 1. The molecule has 0 aromatic carbocycles. The van der Waals surface area contributed by atoms with Crippen LogP contribution in [0.5, 0.6) is 0 Å². The molecule has 1 heterocycles. The number of hydrogen-bond acceptors (Lipinski definition) is 1. The first-order valence-electron chi connectivity index (χ1n) is 5.63. The maximum Gasteiger partial charge on any atom is 0.403 e. The first kappa shape index (κ1) is 12.8. The predicted molar refractivity (Wildman–Crippen MR) is 54.7 cm³/mol. The van der Waals surface area contributed by atoms with Gasteiger partial charge in [-0.25, -0.2) is 0 Å². The molecule has 1 fully saturated rings. The van der Waals surface area contributed by atoms with E-state index in [4.69, 9.17) is 0 Å². The van der Waals surface area contributed by atoms with Gasteiger partial charge in [-0.2, -0.15) is 13.2 Å². The van der Waals surface area contributed by atoms with Crippen LogP contribution in [-0.2, 0) is 0 Å². The lowest BCUT2D eigenvalue weighted by Crippen LogP contribution is -2.47. The van der Waals surface area contributed by atoms with Gasteiger partial charge in [0.2, 0.25) is 0 Å². The van der Waals surface area contributed by atoms with Crippen LogP contribution in [0, 0.1) is 11.8 Å². The van der Waals surface area contributed by atoms with Gasteiger partial charge in [0, 0.05) is 0 Å². The Labute approximate surface area is 89.6 Å². The van der Waals surface area contributed by atoms with Gasteiger partial charge in [0.15, 0.2) is 0 Å². The van der Waals surface area contributed by atoms with Crippen LogP contribution < -0.4 is 0 Å². The molecular formula is C11H20F3N. The number of alkyl halides is 3. The standard InChI is InChI=1S/C11H20F3N/c1-8(2)10-4-6-15(7-5-10)9(3)11(12,13)14/h8-10H,4-7H2,1-3H3. The van der Waals surface area contributed by atoms with Crippen molar-refractivity contribution in [3.05, 3.63) is 0 Å². The second kappa shape index (κ2) is 4.73. The van der Waals surface area contributed by atoms with E-state index in [9.17, 15) is 13.2 Å². The third-order valence-electron chi connectivity index (χ3n) is 3.54. The third-order valence-corrected chi connectivity index (χ3v) is 3.54. The number of halogens is 3. The molecule has 0 bridgehead atoms. The molecule has 0 aromatic heterocycles. The molecule has 0 aromatic rings. The predicted octanol–water partition coefficient (Wildman–Crippen LogP) is 3.31. The molecule has 0 aliphatic carbocycles. The summed E-state index contributed by atoms with van der Waals surface area (Å²) < 4.78 is 37.3. The summed E-state index contributed by atoms with van der Waals surface area (Å²) in [7, 11) is 0. The molecule has 1 saturated heterocycles. The average Bonchev–Trinajstić information content (AvgIpc) is 2.15. The zero-order valence-corrected chi connectivity index (χ0v) is 9.64. The van der Waals surface area contributed by atoms with Crippen molar-refractivity contribution in [1.82, 2.24) is 4.90 Å². The van der Waals surface area contributed by atoms with Crippen LogP contribution in [0.4, 0.5) is 13.2 Å². The fraction of sp³-hybridized carbons (Fsp3) is 1.00. The van der Waals surface area contributed by atoms with E-state index in [2.05, 4.69) is 13.8 Å². The van der Waals surface area contributed by atoms with E-state index in [0.29, 0.717) is 24.9 Å². The van der Waals surface area contributed by atoms with Crippen LogP contribution in [0.2, 0.25) is 0 Å². The smallest absolute Gasteiger partial charge is 0.292 e. The van der Waals surface area contributed by atoms with Crippen LogP contribution in [0.1, 0.15) is 33.6 Å². The van der Waals surface area contributed by atoms with Crippen LogP contribution in [-0.4, -0.2) is 30.2 Å². The van der Waals surface area contributed by atoms with Gasteiger partial charge in [-0.1, -0.05) is 13.8 Å². The van der Waals surface area contributed by atoms with Gasteiger partial charge in [-0.05, 0) is 44.7 Å². The minimum Gasteiger partial charge on any atom is -0.292 e. The second-order valence-corrected chi connectivity index (χ2v) is 4.84. The van der Waals surface area contributed by atoms with Gasteiger partial charge in [-0.15, -0.1) is 0 Å². The normalized spacial score (nSPS) is 23.4. The van der Waals surface area contributed by atoms with Crippen molar-refractivity contribution in [2.75, 3.05) is 13.1 Å². The minimum atomic E-state index is -4.08. The molecule has 90 valence electrons. The Kier molecular flexibility index (Phi) is 4.04. The molecular weight excluding hydrogens is 203 g/mol. The minimum absolute atomic E-state index is 0.587. The monoisotopic (exact) mass is 223 g/mol. The first-order chi connectivity index (χ1) is 6.82. The third kappa shape index (κ3) is 3.37. The van der Waals surface area contributed by atoms with Crippen LogP contribution >= 0.6 is 0 Å². The van der Waals surface area contributed by atoms with E-state index < -0.39 is 12.2 Å². The molecule has 1 aliphatic rings. The summed E-state index contributed by atoms with van der Waals surface area (Å²) >= 11 is 0. The summed E-state index contributed by atoms with van der Waals surface area (Å²) in [5, 5.41) is 0. The molecule has 4 heteroatoms. The highest BCUT2D eigenvalue weighted by Crippen LogP contribution is 2.30. The number of rotatable bonds is 2. The molecule has 0 spiro atoms. The zero-order valence-electron chi connectivity index (χ0n) is 9.64. The Bertz CT molecular complexity index is 192. The first-order valence-corrected chi connectivity index (χ1v) is 5.63. The molecule has 1 rings (SSSR count). The van der Waals surface area contributed by atoms with Crippen LogP contribution in [0.15, 0.2) is 0 Å². The number of piperidine rings is 1. The SMILES string of the molecule is CC(C)C1CCN(C(C)C(F)(F)F)CC1. The highest BCUT2D eigenvalue weighted by molar-refractivity contribution is 4.80. The van der Waals surface area contributed by atoms with Crippen molar-refractivity contribution in [3.8, 4) is 0 Å². The molecule has 1 nitrogen and oxygen atoms in total. The molecule has 1 unspecified atom stereocenters. The summed E-state index contributed by atoms with van der Waals surface area (Å²) in [5.41, 5.74) is 0. The highest BCUT2D eigenvalue weighted by atomic mass is 19.4. The molecule has 0 saturated carbocycles. The summed E-state index contributed by atoms with van der Waals surface area (Å²) in [6.45, 7) is 6.73.